The molecule has 0 fully saturated rings. The van der Waals surface area contributed by atoms with Gasteiger partial charge in [0.25, 0.3) is 0 Å². The first-order valence-corrected chi connectivity index (χ1v) is 6.87. The van der Waals surface area contributed by atoms with Crippen LogP contribution >= 0.6 is 11.8 Å². The molecule has 18 heavy (non-hydrogen) atoms. The van der Waals surface area contributed by atoms with Crippen LogP contribution in [0.4, 0.5) is 0 Å². The maximum Gasteiger partial charge on any atom is 0.233 e. The normalized spacial score (nSPS) is 12.6. The number of imidazole rings is 1. The Hall–Kier alpha value is -1.49. The number of carbonyl (C=O) groups excluding carboxylic acids is 1. The molecule has 1 amide bonds. The smallest absolute Gasteiger partial charge is 0.233 e. The molecule has 1 atom stereocenters. The van der Waals surface area contributed by atoms with Gasteiger partial charge in [-0.1, -0.05) is 23.9 Å². The summed E-state index contributed by atoms with van der Waals surface area (Å²) in [6.07, 6.45) is 0. The van der Waals surface area contributed by atoms with E-state index in [1.165, 1.54) is 11.8 Å². The van der Waals surface area contributed by atoms with Crippen LogP contribution in [0.3, 0.4) is 0 Å². The van der Waals surface area contributed by atoms with E-state index >= 15 is 0 Å². The molecule has 1 aromatic heterocycles. The highest BCUT2D eigenvalue weighted by Gasteiger charge is 2.17. The molecule has 0 aliphatic carbocycles. The van der Waals surface area contributed by atoms with Crippen LogP contribution in [0, 0.1) is 0 Å². The van der Waals surface area contributed by atoms with E-state index in [9.17, 15) is 4.79 Å². The third kappa shape index (κ3) is 2.51. The van der Waals surface area contributed by atoms with E-state index in [0.717, 1.165) is 16.2 Å². The number of hydrogen-bond donors (Lipinski definition) is 1. The molecule has 1 aromatic carbocycles. The van der Waals surface area contributed by atoms with Gasteiger partial charge in [0.15, 0.2) is 5.16 Å². The van der Waals surface area contributed by atoms with E-state index in [1.807, 2.05) is 49.7 Å². The second kappa shape index (κ2) is 5.44. The van der Waals surface area contributed by atoms with Crippen LogP contribution in [0.15, 0.2) is 29.4 Å². The monoisotopic (exact) mass is 263 g/mol. The van der Waals surface area contributed by atoms with Crippen molar-refractivity contribution in [1.29, 1.82) is 0 Å². The molecular formula is C13H17N3OS. The summed E-state index contributed by atoms with van der Waals surface area (Å²) < 4.78 is 2.02. The fraction of sp³-hybridized carbons (Fsp3) is 0.385. The minimum absolute atomic E-state index is 0.0505. The lowest BCUT2D eigenvalue weighted by atomic mass is 10.3. The molecule has 1 N–H and O–H groups in total. The summed E-state index contributed by atoms with van der Waals surface area (Å²) in [6.45, 7) is 4.48. The number of hydrogen-bond acceptors (Lipinski definition) is 3. The van der Waals surface area contributed by atoms with Crippen molar-refractivity contribution in [3.05, 3.63) is 24.3 Å². The zero-order valence-electron chi connectivity index (χ0n) is 10.8. The molecule has 0 unspecified atom stereocenters. The van der Waals surface area contributed by atoms with Gasteiger partial charge >= 0.3 is 0 Å². The Morgan fingerprint density at radius 2 is 2.22 bits per heavy atom. The Morgan fingerprint density at radius 1 is 1.50 bits per heavy atom. The standard InChI is InChI=1S/C13H17N3OS/c1-4-14-12(17)9(2)18-13-15-10-7-5-6-8-11(10)16(13)3/h5-9H,4H2,1-3H3,(H,14,17)/t9-/m1/s1. The van der Waals surface area contributed by atoms with Crippen molar-refractivity contribution in [2.45, 2.75) is 24.3 Å². The molecule has 5 heteroatoms. The maximum absolute atomic E-state index is 11.7. The Morgan fingerprint density at radius 3 is 2.89 bits per heavy atom. The van der Waals surface area contributed by atoms with Crippen molar-refractivity contribution >= 4 is 28.7 Å². The van der Waals surface area contributed by atoms with E-state index in [4.69, 9.17) is 0 Å². The topological polar surface area (TPSA) is 46.9 Å². The summed E-state index contributed by atoms with van der Waals surface area (Å²) in [5, 5.41) is 3.55. The minimum atomic E-state index is -0.138. The van der Waals surface area contributed by atoms with Gasteiger partial charge in [0.2, 0.25) is 5.91 Å². The van der Waals surface area contributed by atoms with Crippen molar-refractivity contribution < 1.29 is 4.79 Å². The third-order valence-electron chi connectivity index (χ3n) is 2.75. The first kappa shape index (κ1) is 13.0. The highest BCUT2D eigenvalue weighted by molar-refractivity contribution is 8.00. The van der Waals surface area contributed by atoms with E-state index in [-0.39, 0.29) is 11.2 Å². The lowest BCUT2D eigenvalue weighted by molar-refractivity contribution is -0.120. The second-order valence-electron chi connectivity index (χ2n) is 4.10. The fourth-order valence-electron chi connectivity index (χ4n) is 1.76. The van der Waals surface area contributed by atoms with Gasteiger partial charge in [-0.15, -0.1) is 0 Å². The number of thioether (sulfide) groups is 1. The quantitative estimate of drug-likeness (QED) is 0.860. The lowest BCUT2D eigenvalue weighted by Gasteiger charge is -2.10. The molecule has 1 heterocycles. The molecule has 96 valence electrons. The molecule has 0 saturated heterocycles. The second-order valence-corrected chi connectivity index (χ2v) is 5.40. The van der Waals surface area contributed by atoms with Crippen molar-refractivity contribution in [2.24, 2.45) is 7.05 Å². The number of para-hydroxylation sites is 2. The maximum atomic E-state index is 11.7. The molecule has 4 nitrogen and oxygen atoms in total. The summed E-state index contributed by atoms with van der Waals surface area (Å²) in [5.41, 5.74) is 2.05. The predicted molar refractivity (Wildman–Crippen MR) is 74.7 cm³/mol. The minimum Gasteiger partial charge on any atom is -0.355 e. The molecule has 0 aliphatic rings. The molecule has 0 aliphatic heterocycles. The largest absolute Gasteiger partial charge is 0.355 e. The molecule has 0 spiro atoms. The van der Waals surface area contributed by atoms with Gasteiger partial charge < -0.3 is 9.88 Å². The van der Waals surface area contributed by atoms with E-state index in [2.05, 4.69) is 10.3 Å². The Bertz CT molecular complexity index is 564. The number of amides is 1. The van der Waals surface area contributed by atoms with Gasteiger partial charge in [0, 0.05) is 13.6 Å². The van der Waals surface area contributed by atoms with Gasteiger partial charge in [-0.3, -0.25) is 4.79 Å². The third-order valence-corrected chi connectivity index (χ3v) is 3.89. The first-order chi connectivity index (χ1) is 8.63. The van der Waals surface area contributed by atoms with Gasteiger partial charge in [0.05, 0.1) is 16.3 Å². The molecule has 2 rings (SSSR count). The summed E-state index contributed by atoms with van der Waals surface area (Å²) in [6, 6.07) is 7.97. The van der Waals surface area contributed by atoms with E-state index < -0.39 is 0 Å². The Labute approximate surface area is 111 Å². The molecular weight excluding hydrogens is 246 g/mol. The van der Waals surface area contributed by atoms with E-state index in [1.54, 1.807) is 0 Å². The Balaban J connectivity index is 2.21. The van der Waals surface area contributed by atoms with Crippen molar-refractivity contribution in [3.63, 3.8) is 0 Å². The van der Waals surface area contributed by atoms with Gasteiger partial charge in [-0.25, -0.2) is 4.98 Å². The Kier molecular flexibility index (Phi) is 3.91. The van der Waals surface area contributed by atoms with Gasteiger partial charge in [-0.05, 0) is 26.0 Å². The number of rotatable bonds is 4. The SMILES string of the molecule is CCNC(=O)[C@@H](C)Sc1nc2ccccc2n1C. The summed E-state index contributed by atoms with van der Waals surface area (Å²) in [5.74, 6) is 0.0505. The molecule has 0 saturated carbocycles. The summed E-state index contributed by atoms with van der Waals surface area (Å²) in [7, 11) is 1.97. The zero-order chi connectivity index (χ0) is 13.1. The van der Waals surface area contributed by atoms with Crippen LogP contribution in [0.5, 0.6) is 0 Å². The first-order valence-electron chi connectivity index (χ1n) is 5.99. The highest BCUT2D eigenvalue weighted by Crippen LogP contribution is 2.25. The summed E-state index contributed by atoms with van der Waals surface area (Å²) in [4.78, 5) is 16.2. The zero-order valence-corrected chi connectivity index (χ0v) is 11.6. The van der Waals surface area contributed by atoms with E-state index in [0.29, 0.717) is 6.54 Å². The number of aromatic nitrogens is 2. The lowest BCUT2D eigenvalue weighted by Crippen LogP contribution is -2.30. The van der Waals surface area contributed by atoms with Gasteiger partial charge in [0.1, 0.15) is 0 Å². The van der Waals surface area contributed by atoms with Crippen LogP contribution in [0.2, 0.25) is 0 Å². The van der Waals surface area contributed by atoms with Crippen molar-refractivity contribution in [3.8, 4) is 0 Å². The number of nitrogens with zero attached hydrogens (tertiary/aromatic N) is 2. The number of fused-ring (bicyclic) bond motifs is 1. The van der Waals surface area contributed by atoms with Gasteiger partial charge in [-0.2, -0.15) is 0 Å². The van der Waals surface area contributed by atoms with Crippen LogP contribution in [-0.4, -0.2) is 27.3 Å². The van der Waals surface area contributed by atoms with Crippen molar-refractivity contribution in [1.82, 2.24) is 14.9 Å². The van der Waals surface area contributed by atoms with Crippen LogP contribution < -0.4 is 5.32 Å². The number of benzene rings is 1. The number of aryl methyl sites for hydroxylation is 1. The van der Waals surface area contributed by atoms with Crippen LogP contribution in [-0.2, 0) is 11.8 Å². The van der Waals surface area contributed by atoms with Crippen molar-refractivity contribution in [2.75, 3.05) is 6.54 Å². The fourth-order valence-corrected chi connectivity index (χ4v) is 2.67. The van der Waals surface area contributed by atoms with Crippen LogP contribution in [0.1, 0.15) is 13.8 Å². The average Bonchev–Trinajstić information content (AvgIpc) is 2.67. The molecule has 0 bridgehead atoms. The summed E-state index contributed by atoms with van der Waals surface area (Å²) >= 11 is 1.48. The average molecular weight is 263 g/mol. The van der Waals surface area contributed by atoms with Crippen LogP contribution in [0.25, 0.3) is 11.0 Å². The highest BCUT2D eigenvalue weighted by atomic mass is 32.2. The molecule has 2 aromatic rings. The number of nitrogens with one attached hydrogen (secondary N) is 1. The molecule has 0 radical (unpaired) electrons. The number of carbonyl (C=O) groups is 1. The predicted octanol–water partition coefficient (Wildman–Crippen LogP) is 2.19.